The summed E-state index contributed by atoms with van der Waals surface area (Å²) in [5, 5.41) is 0.571. The Morgan fingerprint density at radius 2 is 2.07 bits per heavy atom. The Morgan fingerprint density at radius 3 is 2.72 bits per heavy atom. The zero-order valence-electron chi connectivity index (χ0n) is 14.8. The molecule has 4 rings (SSSR count). The van der Waals surface area contributed by atoms with Crippen LogP contribution in [0.4, 0.5) is 13.2 Å². The van der Waals surface area contributed by atoms with Gasteiger partial charge in [0.25, 0.3) is 5.56 Å². The van der Waals surface area contributed by atoms with E-state index in [0.29, 0.717) is 32.9 Å². The zero-order chi connectivity index (χ0) is 20.9. The third kappa shape index (κ3) is 3.48. The molecule has 1 saturated heterocycles. The molecule has 1 aromatic carbocycles. The highest BCUT2D eigenvalue weighted by Gasteiger charge is 2.35. The highest BCUT2D eigenvalue weighted by Crippen LogP contribution is 2.34. The molecule has 29 heavy (non-hydrogen) atoms. The third-order valence-corrected chi connectivity index (χ3v) is 5.68. The minimum absolute atomic E-state index is 0.116. The minimum atomic E-state index is -4.82. The number of alkyl halides is 4. The Bertz CT molecular complexity index is 1200. The van der Waals surface area contributed by atoms with E-state index < -0.39 is 29.4 Å². The van der Waals surface area contributed by atoms with E-state index in [4.69, 9.17) is 21.1 Å². The lowest BCUT2D eigenvalue weighted by Crippen LogP contribution is -2.40. The minimum Gasteiger partial charge on any atom is -0.344 e. The van der Waals surface area contributed by atoms with Gasteiger partial charge in [-0.2, -0.15) is 17.5 Å². The van der Waals surface area contributed by atoms with E-state index in [1.165, 1.54) is 23.7 Å². The van der Waals surface area contributed by atoms with Gasteiger partial charge < -0.3 is 9.47 Å². The summed E-state index contributed by atoms with van der Waals surface area (Å²) >= 11 is 6.94. The molecule has 12 heteroatoms. The first-order valence-electron chi connectivity index (χ1n) is 8.33. The molecule has 7 nitrogen and oxygen atoms in total. The normalized spacial score (nSPS) is 19.9. The lowest BCUT2D eigenvalue weighted by molar-refractivity contribution is -0.144. The maximum absolute atomic E-state index is 13.0. The predicted octanol–water partition coefficient (Wildman–Crippen LogP) is 2.82. The number of halogens is 4. The first kappa shape index (κ1) is 20.1. The molecule has 0 N–H and O–H groups in total. The van der Waals surface area contributed by atoms with Crippen LogP contribution in [0.25, 0.3) is 15.8 Å². The number of hydrogen-bond donors (Lipinski definition) is 0. The second-order valence-corrected chi connectivity index (χ2v) is 7.48. The molecule has 0 saturated carbocycles. The van der Waals surface area contributed by atoms with Gasteiger partial charge in [-0.3, -0.25) is 9.36 Å². The molecule has 2 aromatic heterocycles. The molecule has 2 unspecified atom stereocenters. The first-order valence-corrected chi connectivity index (χ1v) is 9.64. The summed E-state index contributed by atoms with van der Waals surface area (Å²) in [6, 6.07) is 5.00. The Balaban J connectivity index is 1.84. The number of rotatable bonds is 3. The largest absolute Gasteiger partial charge is 0.431 e. The van der Waals surface area contributed by atoms with Crippen molar-refractivity contribution in [2.75, 3.05) is 12.5 Å². The predicted molar refractivity (Wildman–Crippen MR) is 99.7 cm³/mol. The van der Waals surface area contributed by atoms with Crippen molar-refractivity contribution in [2.45, 2.75) is 18.6 Å². The van der Waals surface area contributed by atoms with Gasteiger partial charge in [-0.05, 0) is 29.7 Å². The van der Waals surface area contributed by atoms with Crippen molar-refractivity contribution in [3.63, 3.8) is 0 Å². The molecular formula is C17H13ClF3N3O4S. The second-order valence-electron chi connectivity index (χ2n) is 6.37. The van der Waals surface area contributed by atoms with E-state index in [1.54, 1.807) is 6.07 Å². The summed E-state index contributed by atoms with van der Waals surface area (Å²) < 4.78 is 56.5. The topological polar surface area (TPSA) is 75.3 Å². The maximum Gasteiger partial charge on any atom is 0.431 e. The van der Waals surface area contributed by atoms with Gasteiger partial charge >= 0.3 is 11.9 Å². The van der Waals surface area contributed by atoms with Crippen molar-refractivity contribution in [3.05, 3.63) is 56.5 Å². The van der Waals surface area contributed by atoms with Gasteiger partial charge in [-0.1, -0.05) is 0 Å². The van der Waals surface area contributed by atoms with Crippen LogP contribution in [0, 0.1) is 0 Å². The van der Waals surface area contributed by atoms with Crippen molar-refractivity contribution in [3.8, 4) is 5.69 Å². The fourth-order valence-electron chi connectivity index (χ4n) is 3.06. The Morgan fingerprint density at radius 1 is 1.31 bits per heavy atom. The number of fused-ring (bicyclic) bond motifs is 1. The molecule has 0 bridgehead atoms. The van der Waals surface area contributed by atoms with Gasteiger partial charge in [0, 0.05) is 18.5 Å². The van der Waals surface area contributed by atoms with Crippen molar-refractivity contribution < 1.29 is 22.6 Å². The standard InChI is InChI=1S/C17H13ClF3N3O4S/c1-23-12(17(19,20)21)5-13(25)24(16(23)26)8-2-3-11-10(4-8)14(22-29-11)15-27-7-9(6-18)28-15/h2-5,9,15H,6-7H2,1H3. The van der Waals surface area contributed by atoms with E-state index in [2.05, 4.69) is 4.37 Å². The Hall–Kier alpha value is -2.21. The molecule has 2 atom stereocenters. The second kappa shape index (κ2) is 7.24. The molecule has 0 amide bonds. The summed E-state index contributed by atoms with van der Waals surface area (Å²) in [7, 11) is 0.962. The average Bonchev–Trinajstić information content (AvgIpc) is 3.30. The molecule has 3 heterocycles. The summed E-state index contributed by atoms with van der Waals surface area (Å²) in [6.07, 6.45) is -5.86. The maximum atomic E-state index is 13.0. The molecule has 0 aliphatic carbocycles. The van der Waals surface area contributed by atoms with E-state index >= 15 is 0 Å². The summed E-state index contributed by atoms with van der Waals surface area (Å²) in [4.78, 5) is 24.8. The van der Waals surface area contributed by atoms with Gasteiger partial charge in [-0.15, -0.1) is 11.6 Å². The number of ether oxygens (including phenoxy) is 2. The van der Waals surface area contributed by atoms with Crippen LogP contribution in [0.15, 0.2) is 33.9 Å². The lowest BCUT2D eigenvalue weighted by Gasteiger charge is -2.14. The highest BCUT2D eigenvalue weighted by molar-refractivity contribution is 7.13. The van der Waals surface area contributed by atoms with E-state index in [0.717, 1.165) is 11.7 Å². The summed E-state index contributed by atoms with van der Waals surface area (Å²) in [5.74, 6) is 0.251. The quantitative estimate of drug-likeness (QED) is 0.577. The molecule has 1 aliphatic heterocycles. The first-order chi connectivity index (χ1) is 13.7. The number of benzene rings is 1. The van der Waals surface area contributed by atoms with E-state index in [9.17, 15) is 22.8 Å². The number of hydrogen-bond acceptors (Lipinski definition) is 6. The van der Waals surface area contributed by atoms with Gasteiger partial charge in [0.15, 0.2) is 0 Å². The molecule has 154 valence electrons. The van der Waals surface area contributed by atoms with Crippen LogP contribution in [-0.2, 0) is 22.7 Å². The number of aromatic nitrogens is 3. The van der Waals surface area contributed by atoms with Crippen LogP contribution in [0.2, 0.25) is 0 Å². The van der Waals surface area contributed by atoms with Gasteiger partial charge in [0.1, 0.15) is 11.4 Å². The monoisotopic (exact) mass is 447 g/mol. The molecule has 0 spiro atoms. The van der Waals surface area contributed by atoms with E-state index in [1.807, 2.05) is 0 Å². The highest BCUT2D eigenvalue weighted by atomic mass is 35.5. The lowest BCUT2D eigenvalue weighted by atomic mass is 10.2. The third-order valence-electron chi connectivity index (χ3n) is 4.50. The van der Waals surface area contributed by atoms with Crippen molar-refractivity contribution in [1.29, 1.82) is 0 Å². The van der Waals surface area contributed by atoms with Crippen molar-refractivity contribution in [2.24, 2.45) is 7.05 Å². The Labute approximate surface area is 170 Å². The van der Waals surface area contributed by atoms with Crippen LogP contribution in [-0.4, -0.2) is 32.1 Å². The zero-order valence-corrected chi connectivity index (χ0v) is 16.3. The average molecular weight is 448 g/mol. The SMILES string of the molecule is Cn1c(C(F)(F)F)cc(=O)n(-c2ccc3snc(C4OCC(CCl)O4)c3c2)c1=O. The molecule has 1 aliphatic rings. The fraction of sp³-hybridized carbons (Fsp3) is 0.353. The molecule has 1 fully saturated rings. The van der Waals surface area contributed by atoms with Crippen LogP contribution in [0.5, 0.6) is 0 Å². The number of nitrogens with zero attached hydrogens (tertiary/aromatic N) is 3. The van der Waals surface area contributed by atoms with Gasteiger partial charge in [0.05, 0.1) is 29.0 Å². The summed E-state index contributed by atoms with van der Waals surface area (Å²) in [5.41, 5.74) is -2.94. The van der Waals surface area contributed by atoms with Crippen molar-refractivity contribution in [1.82, 2.24) is 13.5 Å². The molecule has 3 aromatic rings. The smallest absolute Gasteiger partial charge is 0.344 e. The van der Waals surface area contributed by atoms with Crippen LogP contribution in [0.3, 0.4) is 0 Å². The molecule has 0 radical (unpaired) electrons. The molecular weight excluding hydrogens is 435 g/mol. The summed E-state index contributed by atoms with van der Waals surface area (Å²) in [6.45, 7) is 0.297. The van der Waals surface area contributed by atoms with E-state index in [-0.39, 0.29) is 17.7 Å². The fourth-order valence-corrected chi connectivity index (χ4v) is 4.00. The van der Waals surface area contributed by atoms with Crippen LogP contribution >= 0.6 is 23.1 Å². The van der Waals surface area contributed by atoms with Gasteiger partial charge in [0.2, 0.25) is 6.29 Å². The van der Waals surface area contributed by atoms with Crippen LogP contribution in [0.1, 0.15) is 17.7 Å². The van der Waals surface area contributed by atoms with Crippen molar-refractivity contribution >= 4 is 33.2 Å². The Kier molecular flexibility index (Phi) is 5.01. The van der Waals surface area contributed by atoms with Gasteiger partial charge in [-0.25, -0.2) is 9.36 Å². The van der Waals surface area contributed by atoms with Crippen LogP contribution < -0.4 is 11.2 Å².